The average molecular weight is 141 g/mol. The summed E-state index contributed by atoms with van der Waals surface area (Å²) in [6.07, 6.45) is 7.10. The highest BCUT2D eigenvalue weighted by Gasteiger charge is 1.92. The molecule has 10 heavy (non-hydrogen) atoms. The number of nitrogens with two attached hydrogens (primary N) is 1. The average Bonchev–Trinajstić information content (AvgIpc) is 1.98. The van der Waals surface area contributed by atoms with E-state index in [0.717, 1.165) is 13.0 Å². The predicted molar refractivity (Wildman–Crippen MR) is 47.0 cm³/mol. The molecule has 0 atom stereocenters. The molecular weight excluding hydrogens is 122 g/mol. The lowest BCUT2D eigenvalue weighted by molar-refractivity contribution is 0.751. The van der Waals surface area contributed by atoms with Crippen molar-refractivity contribution in [3.8, 4) is 0 Å². The van der Waals surface area contributed by atoms with E-state index < -0.39 is 0 Å². The van der Waals surface area contributed by atoms with Crippen LogP contribution in [0.1, 0.15) is 39.5 Å². The van der Waals surface area contributed by atoms with Crippen molar-refractivity contribution in [3.05, 3.63) is 11.6 Å². The standard InChI is InChI=1S/C9H19N/c1-3-5-6-9(4-2)7-8-10/h4H,3,5-8,10H2,1-2H3/b9-4+. The maximum atomic E-state index is 5.44. The minimum atomic E-state index is 0.795. The zero-order chi connectivity index (χ0) is 7.82. The molecule has 0 spiro atoms. The van der Waals surface area contributed by atoms with Crippen molar-refractivity contribution in [1.82, 2.24) is 0 Å². The zero-order valence-electron chi connectivity index (χ0n) is 7.19. The first-order chi connectivity index (χ1) is 4.85. The first kappa shape index (κ1) is 9.70. The fourth-order valence-corrected chi connectivity index (χ4v) is 1.00. The van der Waals surface area contributed by atoms with Crippen LogP contribution in [0.4, 0.5) is 0 Å². The molecule has 0 aromatic rings. The smallest absolute Gasteiger partial charge is 0.00399 e. The zero-order valence-corrected chi connectivity index (χ0v) is 7.19. The van der Waals surface area contributed by atoms with E-state index in [1.165, 1.54) is 24.8 Å². The number of unbranched alkanes of at least 4 members (excludes halogenated alkanes) is 1. The molecule has 1 heteroatoms. The van der Waals surface area contributed by atoms with Gasteiger partial charge in [-0.25, -0.2) is 0 Å². The van der Waals surface area contributed by atoms with Crippen LogP contribution in [-0.2, 0) is 0 Å². The van der Waals surface area contributed by atoms with Crippen molar-refractivity contribution in [2.45, 2.75) is 39.5 Å². The Bertz CT molecular complexity index is 94.9. The molecule has 60 valence electrons. The van der Waals surface area contributed by atoms with Gasteiger partial charge in [-0.1, -0.05) is 25.0 Å². The van der Waals surface area contributed by atoms with Gasteiger partial charge in [0.05, 0.1) is 0 Å². The van der Waals surface area contributed by atoms with Crippen LogP contribution < -0.4 is 5.73 Å². The van der Waals surface area contributed by atoms with Gasteiger partial charge in [-0.3, -0.25) is 0 Å². The van der Waals surface area contributed by atoms with Gasteiger partial charge in [0.1, 0.15) is 0 Å². The Kier molecular flexibility index (Phi) is 6.61. The summed E-state index contributed by atoms with van der Waals surface area (Å²) in [5.74, 6) is 0. The van der Waals surface area contributed by atoms with Crippen molar-refractivity contribution >= 4 is 0 Å². The topological polar surface area (TPSA) is 26.0 Å². The van der Waals surface area contributed by atoms with E-state index in [9.17, 15) is 0 Å². The third-order valence-electron chi connectivity index (χ3n) is 1.73. The largest absolute Gasteiger partial charge is 0.330 e. The number of hydrogen-bond acceptors (Lipinski definition) is 1. The summed E-state index contributed by atoms with van der Waals surface area (Å²) in [4.78, 5) is 0. The second-order valence-electron chi connectivity index (χ2n) is 2.59. The van der Waals surface area contributed by atoms with Crippen molar-refractivity contribution in [2.24, 2.45) is 5.73 Å². The monoisotopic (exact) mass is 141 g/mol. The van der Waals surface area contributed by atoms with E-state index >= 15 is 0 Å². The Labute approximate surface area is 64.3 Å². The molecule has 2 N–H and O–H groups in total. The third kappa shape index (κ3) is 4.57. The molecule has 0 aromatic carbocycles. The maximum Gasteiger partial charge on any atom is -0.00399 e. The predicted octanol–water partition coefficient (Wildman–Crippen LogP) is 2.47. The van der Waals surface area contributed by atoms with Gasteiger partial charge >= 0.3 is 0 Å². The Morgan fingerprint density at radius 3 is 2.50 bits per heavy atom. The SMILES string of the molecule is C/C=C(/CCN)CCCC. The van der Waals surface area contributed by atoms with Crippen LogP contribution in [0.3, 0.4) is 0 Å². The van der Waals surface area contributed by atoms with Gasteiger partial charge in [0.15, 0.2) is 0 Å². The summed E-state index contributed by atoms with van der Waals surface area (Å²) in [5, 5.41) is 0. The maximum absolute atomic E-state index is 5.44. The molecule has 0 radical (unpaired) electrons. The highest BCUT2D eigenvalue weighted by atomic mass is 14.5. The normalized spacial score (nSPS) is 12.1. The Balaban J connectivity index is 3.41. The molecule has 0 rings (SSSR count). The van der Waals surface area contributed by atoms with Crippen LogP contribution in [0.5, 0.6) is 0 Å². The molecule has 0 saturated heterocycles. The molecule has 0 fully saturated rings. The molecule has 0 amide bonds. The van der Waals surface area contributed by atoms with Gasteiger partial charge < -0.3 is 5.73 Å². The minimum Gasteiger partial charge on any atom is -0.330 e. The van der Waals surface area contributed by atoms with Gasteiger partial charge in [-0.15, -0.1) is 0 Å². The van der Waals surface area contributed by atoms with Gasteiger partial charge in [-0.05, 0) is 32.7 Å². The van der Waals surface area contributed by atoms with Gasteiger partial charge in [0, 0.05) is 0 Å². The van der Waals surface area contributed by atoms with Crippen LogP contribution in [0.2, 0.25) is 0 Å². The fraction of sp³-hybridized carbons (Fsp3) is 0.778. The first-order valence-electron chi connectivity index (χ1n) is 4.19. The lowest BCUT2D eigenvalue weighted by Crippen LogP contribution is -2.00. The molecule has 0 bridgehead atoms. The molecule has 0 aliphatic heterocycles. The van der Waals surface area contributed by atoms with Gasteiger partial charge in [0.2, 0.25) is 0 Å². The molecule has 0 aliphatic carbocycles. The van der Waals surface area contributed by atoms with Gasteiger partial charge in [0.25, 0.3) is 0 Å². The molecule has 0 aromatic heterocycles. The Hall–Kier alpha value is -0.300. The number of rotatable bonds is 5. The third-order valence-corrected chi connectivity index (χ3v) is 1.73. The summed E-state index contributed by atoms with van der Waals surface area (Å²) in [6.45, 7) is 5.11. The summed E-state index contributed by atoms with van der Waals surface area (Å²) in [5.41, 5.74) is 6.95. The second kappa shape index (κ2) is 6.81. The van der Waals surface area contributed by atoms with Crippen LogP contribution in [-0.4, -0.2) is 6.54 Å². The van der Waals surface area contributed by atoms with Crippen molar-refractivity contribution < 1.29 is 0 Å². The number of hydrogen-bond donors (Lipinski definition) is 1. The number of allylic oxidation sites excluding steroid dienone is 1. The van der Waals surface area contributed by atoms with E-state index in [1.807, 2.05) is 0 Å². The minimum absolute atomic E-state index is 0.795. The Morgan fingerprint density at radius 1 is 1.40 bits per heavy atom. The highest BCUT2D eigenvalue weighted by molar-refractivity contribution is 4.99. The summed E-state index contributed by atoms with van der Waals surface area (Å²) in [7, 11) is 0. The van der Waals surface area contributed by atoms with E-state index in [1.54, 1.807) is 0 Å². The summed E-state index contributed by atoms with van der Waals surface area (Å²) < 4.78 is 0. The lowest BCUT2D eigenvalue weighted by atomic mass is 10.1. The van der Waals surface area contributed by atoms with Crippen LogP contribution in [0, 0.1) is 0 Å². The summed E-state index contributed by atoms with van der Waals surface area (Å²) >= 11 is 0. The quantitative estimate of drug-likeness (QED) is 0.585. The molecule has 0 aliphatic rings. The summed E-state index contributed by atoms with van der Waals surface area (Å²) in [6, 6.07) is 0. The molecule has 0 heterocycles. The Morgan fingerprint density at radius 2 is 2.10 bits per heavy atom. The molecule has 0 unspecified atom stereocenters. The molecular formula is C9H19N. The molecule has 0 saturated carbocycles. The lowest BCUT2D eigenvalue weighted by Gasteiger charge is -2.02. The fourth-order valence-electron chi connectivity index (χ4n) is 1.00. The van der Waals surface area contributed by atoms with E-state index in [4.69, 9.17) is 5.73 Å². The van der Waals surface area contributed by atoms with Crippen LogP contribution >= 0.6 is 0 Å². The first-order valence-corrected chi connectivity index (χ1v) is 4.19. The van der Waals surface area contributed by atoms with E-state index in [-0.39, 0.29) is 0 Å². The highest BCUT2D eigenvalue weighted by Crippen LogP contribution is 2.09. The van der Waals surface area contributed by atoms with Crippen molar-refractivity contribution in [1.29, 1.82) is 0 Å². The van der Waals surface area contributed by atoms with Gasteiger partial charge in [-0.2, -0.15) is 0 Å². The van der Waals surface area contributed by atoms with E-state index in [2.05, 4.69) is 19.9 Å². The van der Waals surface area contributed by atoms with Crippen LogP contribution in [0.25, 0.3) is 0 Å². The van der Waals surface area contributed by atoms with Crippen LogP contribution in [0.15, 0.2) is 11.6 Å². The van der Waals surface area contributed by atoms with Crippen molar-refractivity contribution in [3.63, 3.8) is 0 Å². The second-order valence-corrected chi connectivity index (χ2v) is 2.59. The van der Waals surface area contributed by atoms with Crippen molar-refractivity contribution in [2.75, 3.05) is 6.54 Å². The van der Waals surface area contributed by atoms with E-state index in [0.29, 0.717) is 0 Å². The molecule has 1 nitrogen and oxygen atoms in total.